The van der Waals surface area contributed by atoms with Gasteiger partial charge in [-0.1, -0.05) is 6.92 Å². The van der Waals surface area contributed by atoms with Gasteiger partial charge in [-0.3, -0.25) is 0 Å². The molecule has 1 aromatic heterocycles. The van der Waals surface area contributed by atoms with E-state index in [1.54, 1.807) is 0 Å². The molecule has 17 heavy (non-hydrogen) atoms. The first kappa shape index (κ1) is 12.1. The van der Waals surface area contributed by atoms with Gasteiger partial charge in [-0.05, 0) is 13.3 Å². The van der Waals surface area contributed by atoms with Crippen molar-refractivity contribution in [2.24, 2.45) is 5.92 Å². The predicted molar refractivity (Wildman–Crippen MR) is 65.0 cm³/mol. The zero-order valence-corrected chi connectivity index (χ0v) is 10.4. The summed E-state index contributed by atoms with van der Waals surface area (Å²) in [5, 5.41) is 0. The van der Waals surface area contributed by atoms with Crippen LogP contribution in [0.3, 0.4) is 0 Å². The Balaban J connectivity index is 2.05. The van der Waals surface area contributed by atoms with Gasteiger partial charge < -0.3 is 15.2 Å². The molecule has 1 fully saturated rings. The molecule has 1 aliphatic heterocycles. The average molecular weight is 237 g/mol. The van der Waals surface area contributed by atoms with E-state index >= 15 is 0 Å². The van der Waals surface area contributed by atoms with Crippen LogP contribution in [0.5, 0.6) is 5.88 Å². The summed E-state index contributed by atoms with van der Waals surface area (Å²) in [4.78, 5) is 8.55. The minimum atomic E-state index is 0.468. The van der Waals surface area contributed by atoms with Gasteiger partial charge in [0.1, 0.15) is 11.6 Å². The molecule has 0 saturated carbocycles. The summed E-state index contributed by atoms with van der Waals surface area (Å²) in [5.41, 5.74) is 6.65. The third-order valence-electron chi connectivity index (χ3n) is 2.98. The van der Waals surface area contributed by atoms with Crippen LogP contribution in [0, 0.1) is 12.8 Å². The van der Waals surface area contributed by atoms with Crippen molar-refractivity contribution in [1.82, 2.24) is 9.97 Å². The Hall–Kier alpha value is -1.36. The number of aromatic nitrogens is 2. The molecule has 0 aliphatic carbocycles. The fourth-order valence-corrected chi connectivity index (χ4v) is 1.77. The standard InChI is InChI=1S/C12H19N3O2/c1-3-10-14-11(13)8(2)12(15-10)17-7-9-4-5-16-6-9/h9H,3-7H2,1-2H3,(H2,13,14,15). The van der Waals surface area contributed by atoms with Gasteiger partial charge in [-0.15, -0.1) is 0 Å². The fraction of sp³-hybridized carbons (Fsp3) is 0.667. The molecule has 0 aromatic carbocycles. The largest absolute Gasteiger partial charge is 0.477 e. The molecule has 0 radical (unpaired) electrons. The number of hydrogen-bond donors (Lipinski definition) is 1. The maximum Gasteiger partial charge on any atom is 0.221 e. The molecule has 1 atom stereocenters. The lowest BCUT2D eigenvalue weighted by Gasteiger charge is -2.13. The summed E-state index contributed by atoms with van der Waals surface area (Å²) >= 11 is 0. The molecule has 5 nitrogen and oxygen atoms in total. The first-order valence-electron chi connectivity index (χ1n) is 6.04. The van der Waals surface area contributed by atoms with E-state index in [2.05, 4.69) is 9.97 Å². The molecule has 94 valence electrons. The molecule has 2 N–H and O–H groups in total. The van der Waals surface area contributed by atoms with Crippen LogP contribution in [0.2, 0.25) is 0 Å². The Morgan fingerprint density at radius 1 is 1.47 bits per heavy atom. The van der Waals surface area contributed by atoms with Gasteiger partial charge >= 0.3 is 0 Å². The maximum absolute atomic E-state index is 5.82. The van der Waals surface area contributed by atoms with E-state index < -0.39 is 0 Å². The minimum absolute atomic E-state index is 0.468. The van der Waals surface area contributed by atoms with Gasteiger partial charge in [0.15, 0.2) is 0 Å². The molecular weight excluding hydrogens is 218 g/mol. The number of nitrogen functional groups attached to an aromatic ring is 1. The summed E-state index contributed by atoms with van der Waals surface area (Å²) in [6.45, 7) is 6.13. The lowest BCUT2D eigenvalue weighted by Crippen LogP contribution is -2.14. The van der Waals surface area contributed by atoms with E-state index in [4.69, 9.17) is 15.2 Å². The van der Waals surface area contributed by atoms with Crippen LogP contribution in [0.25, 0.3) is 0 Å². The molecule has 2 heterocycles. The normalized spacial score (nSPS) is 19.5. The number of aryl methyl sites for hydroxylation is 1. The third kappa shape index (κ3) is 2.85. The number of nitrogens with zero attached hydrogens (tertiary/aromatic N) is 2. The Labute approximate surface area is 101 Å². The second-order valence-corrected chi connectivity index (χ2v) is 4.35. The van der Waals surface area contributed by atoms with Crippen LogP contribution in [0.1, 0.15) is 24.7 Å². The van der Waals surface area contributed by atoms with Crippen LogP contribution in [0.15, 0.2) is 0 Å². The van der Waals surface area contributed by atoms with Crippen molar-refractivity contribution in [2.75, 3.05) is 25.6 Å². The van der Waals surface area contributed by atoms with Gasteiger partial charge in [0, 0.05) is 18.9 Å². The lowest BCUT2D eigenvalue weighted by atomic mass is 10.1. The van der Waals surface area contributed by atoms with Gasteiger partial charge in [-0.2, -0.15) is 4.98 Å². The monoisotopic (exact) mass is 237 g/mol. The van der Waals surface area contributed by atoms with Gasteiger partial charge in [0.25, 0.3) is 0 Å². The van der Waals surface area contributed by atoms with Gasteiger partial charge in [0.2, 0.25) is 5.88 Å². The molecule has 1 unspecified atom stereocenters. The van der Waals surface area contributed by atoms with Crippen LogP contribution < -0.4 is 10.5 Å². The highest BCUT2D eigenvalue weighted by molar-refractivity contribution is 5.44. The molecule has 2 rings (SSSR count). The number of ether oxygens (including phenoxy) is 2. The number of nitrogens with two attached hydrogens (primary N) is 1. The molecule has 0 amide bonds. The van der Waals surface area contributed by atoms with Crippen molar-refractivity contribution in [3.63, 3.8) is 0 Å². The first-order chi connectivity index (χ1) is 8.20. The predicted octanol–water partition coefficient (Wildman–Crippen LogP) is 1.34. The Bertz CT molecular complexity index is 390. The van der Waals surface area contributed by atoms with Crippen molar-refractivity contribution < 1.29 is 9.47 Å². The summed E-state index contributed by atoms with van der Waals surface area (Å²) in [6, 6.07) is 0. The van der Waals surface area contributed by atoms with Crippen molar-refractivity contribution >= 4 is 5.82 Å². The van der Waals surface area contributed by atoms with Gasteiger partial charge in [-0.25, -0.2) is 4.98 Å². The first-order valence-corrected chi connectivity index (χ1v) is 6.04. The van der Waals surface area contributed by atoms with Crippen molar-refractivity contribution in [1.29, 1.82) is 0 Å². The zero-order valence-electron chi connectivity index (χ0n) is 10.4. The molecule has 0 bridgehead atoms. The fourth-order valence-electron chi connectivity index (χ4n) is 1.77. The van der Waals surface area contributed by atoms with Gasteiger partial charge in [0.05, 0.1) is 18.8 Å². The molecule has 1 aromatic rings. The van der Waals surface area contributed by atoms with Crippen molar-refractivity contribution in [3.8, 4) is 5.88 Å². The maximum atomic E-state index is 5.82. The molecule has 5 heteroatoms. The highest BCUT2D eigenvalue weighted by Gasteiger charge is 2.17. The second kappa shape index (κ2) is 5.31. The molecule has 0 spiro atoms. The molecular formula is C12H19N3O2. The minimum Gasteiger partial charge on any atom is -0.477 e. The highest BCUT2D eigenvalue weighted by atomic mass is 16.5. The van der Waals surface area contributed by atoms with E-state index in [9.17, 15) is 0 Å². The number of anilines is 1. The zero-order chi connectivity index (χ0) is 12.3. The summed E-state index contributed by atoms with van der Waals surface area (Å²) in [6.07, 6.45) is 1.81. The molecule has 1 saturated heterocycles. The second-order valence-electron chi connectivity index (χ2n) is 4.35. The van der Waals surface area contributed by atoms with Crippen LogP contribution >= 0.6 is 0 Å². The number of rotatable bonds is 4. The smallest absolute Gasteiger partial charge is 0.221 e. The topological polar surface area (TPSA) is 70.3 Å². The number of hydrogen-bond acceptors (Lipinski definition) is 5. The van der Waals surface area contributed by atoms with E-state index in [0.717, 1.165) is 37.4 Å². The van der Waals surface area contributed by atoms with Crippen LogP contribution in [-0.2, 0) is 11.2 Å². The van der Waals surface area contributed by atoms with E-state index in [1.165, 1.54) is 0 Å². The molecule has 1 aliphatic rings. The van der Waals surface area contributed by atoms with E-state index in [-0.39, 0.29) is 0 Å². The summed E-state index contributed by atoms with van der Waals surface area (Å²) in [7, 11) is 0. The SMILES string of the molecule is CCc1nc(N)c(C)c(OCC2CCOC2)n1. The Morgan fingerprint density at radius 2 is 2.29 bits per heavy atom. The van der Waals surface area contributed by atoms with Crippen molar-refractivity contribution in [3.05, 3.63) is 11.4 Å². The lowest BCUT2D eigenvalue weighted by molar-refractivity contribution is 0.165. The Kier molecular flexibility index (Phi) is 3.78. The third-order valence-corrected chi connectivity index (χ3v) is 2.98. The van der Waals surface area contributed by atoms with Crippen molar-refractivity contribution in [2.45, 2.75) is 26.7 Å². The Morgan fingerprint density at radius 3 is 2.94 bits per heavy atom. The van der Waals surface area contributed by atoms with E-state index in [1.807, 2.05) is 13.8 Å². The van der Waals surface area contributed by atoms with Crippen LogP contribution in [-0.4, -0.2) is 29.8 Å². The quantitative estimate of drug-likeness (QED) is 0.855. The summed E-state index contributed by atoms with van der Waals surface area (Å²) in [5.74, 6) is 2.32. The summed E-state index contributed by atoms with van der Waals surface area (Å²) < 4.78 is 11.0. The average Bonchev–Trinajstić information content (AvgIpc) is 2.84. The van der Waals surface area contributed by atoms with Crippen LogP contribution in [0.4, 0.5) is 5.82 Å². The highest BCUT2D eigenvalue weighted by Crippen LogP contribution is 2.21. The van der Waals surface area contributed by atoms with E-state index in [0.29, 0.717) is 24.2 Å².